The third-order valence-electron chi connectivity index (χ3n) is 3.25. The lowest BCUT2D eigenvalue weighted by molar-refractivity contribution is 0.151. The fourth-order valence-electron chi connectivity index (χ4n) is 2.03. The van der Waals surface area contributed by atoms with Crippen molar-refractivity contribution in [2.45, 2.75) is 39.4 Å². The largest absolute Gasteiger partial charge is 0.383 e. The number of nitrogens with zero attached hydrogens (tertiary/aromatic N) is 1. The van der Waals surface area contributed by atoms with Gasteiger partial charge in [0.1, 0.15) is 0 Å². The topological polar surface area (TPSA) is 24.5 Å². The molecule has 3 nitrogen and oxygen atoms in total. The van der Waals surface area contributed by atoms with Gasteiger partial charge in [0, 0.05) is 38.8 Å². The number of benzene rings is 1. The SMILES string of the molecule is C=CCN(CCOC)Cc1ccc(CNC(C)(C)C)cc1. The summed E-state index contributed by atoms with van der Waals surface area (Å²) in [5.74, 6) is 0. The van der Waals surface area contributed by atoms with Crippen LogP contribution in [-0.4, -0.2) is 37.2 Å². The van der Waals surface area contributed by atoms with Crippen molar-refractivity contribution in [3.8, 4) is 0 Å². The van der Waals surface area contributed by atoms with E-state index in [9.17, 15) is 0 Å². The maximum atomic E-state index is 5.16. The predicted molar refractivity (Wildman–Crippen MR) is 90.4 cm³/mol. The number of hydrogen-bond donors (Lipinski definition) is 1. The highest BCUT2D eigenvalue weighted by Gasteiger charge is 2.08. The van der Waals surface area contributed by atoms with Crippen LogP contribution in [0.3, 0.4) is 0 Å². The standard InChI is InChI=1S/C18H30N2O/c1-6-11-20(12-13-21-5)15-17-9-7-16(8-10-17)14-19-18(2,3)4/h6-10,19H,1,11-15H2,2-5H3. The predicted octanol–water partition coefficient (Wildman–Crippen LogP) is 3.21. The van der Waals surface area contributed by atoms with E-state index in [1.54, 1.807) is 7.11 Å². The van der Waals surface area contributed by atoms with Crippen LogP contribution in [0.1, 0.15) is 31.9 Å². The van der Waals surface area contributed by atoms with Gasteiger partial charge in [-0.15, -0.1) is 6.58 Å². The molecule has 0 unspecified atom stereocenters. The average Bonchev–Trinajstić information content (AvgIpc) is 2.43. The Bertz CT molecular complexity index is 406. The van der Waals surface area contributed by atoms with Crippen molar-refractivity contribution in [2.24, 2.45) is 0 Å². The second-order valence-electron chi connectivity index (χ2n) is 6.44. The molecule has 0 bridgehead atoms. The highest BCUT2D eigenvalue weighted by atomic mass is 16.5. The van der Waals surface area contributed by atoms with Crippen molar-refractivity contribution in [3.05, 3.63) is 48.0 Å². The molecule has 1 N–H and O–H groups in total. The lowest BCUT2D eigenvalue weighted by Crippen LogP contribution is -2.35. The van der Waals surface area contributed by atoms with Gasteiger partial charge in [0.05, 0.1) is 6.61 Å². The summed E-state index contributed by atoms with van der Waals surface area (Å²) in [6.45, 7) is 14.8. The van der Waals surface area contributed by atoms with Gasteiger partial charge in [-0.05, 0) is 31.9 Å². The summed E-state index contributed by atoms with van der Waals surface area (Å²) < 4.78 is 5.16. The Morgan fingerprint density at radius 1 is 1.19 bits per heavy atom. The highest BCUT2D eigenvalue weighted by Crippen LogP contribution is 2.09. The second-order valence-corrected chi connectivity index (χ2v) is 6.44. The molecule has 0 aliphatic heterocycles. The summed E-state index contributed by atoms with van der Waals surface area (Å²) in [5, 5.41) is 3.51. The van der Waals surface area contributed by atoms with Crippen LogP contribution in [0.2, 0.25) is 0 Å². The molecule has 0 amide bonds. The third-order valence-corrected chi connectivity index (χ3v) is 3.25. The van der Waals surface area contributed by atoms with E-state index in [1.807, 2.05) is 6.08 Å². The van der Waals surface area contributed by atoms with E-state index in [4.69, 9.17) is 4.74 Å². The smallest absolute Gasteiger partial charge is 0.0589 e. The van der Waals surface area contributed by atoms with Crippen LogP contribution >= 0.6 is 0 Å². The van der Waals surface area contributed by atoms with Gasteiger partial charge in [0.15, 0.2) is 0 Å². The van der Waals surface area contributed by atoms with Crippen molar-refractivity contribution < 1.29 is 4.74 Å². The monoisotopic (exact) mass is 290 g/mol. The Morgan fingerprint density at radius 3 is 2.33 bits per heavy atom. The van der Waals surface area contributed by atoms with Gasteiger partial charge < -0.3 is 10.1 Å². The van der Waals surface area contributed by atoms with Crippen LogP contribution in [0.25, 0.3) is 0 Å². The first-order chi connectivity index (χ1) is 9.94. The van der Waals surface area contributed by atoms with E-state index in [1.165, 1.54) is 11.1 Å². The molecule has 0 radical (unpaired) electrons. The number of ether oxygens (including phenoxy) is 1. The van der Waals surface area contributed by atoms with E-state index in [2.05, 4.69) is 61.8 Å². The molecular weight excluding hydrogens is 260 g/mol. The quantitative estimate of drug-likeness (QED) is 0.707. The molecule has 0 spiro atoms. The number of nitrogens with one attached hydrogen (secondary N) is 1. The molecular formula is C18H30N2O. The lowest BCUT2D eigenvalue weighted by atomic mass is 10.1. The minimum Gasteiger partial charge on any atom is -0.383 e. The van der Waals surface area contributed by atoms with E-state index in [0.717, 1.165) is 32.8 Å². The van der Waals surface area contributed by atoms with Crippen LogP contribution in [-0.2, 0) is 17.8 Å². The molecule has 0 saturated heterocycles. The summed E-state index contributed by atoms with van der Waals surface area (Å²) in [5.41, 5.74) is 2.80. The van der Waals surface area contributed by atoms with Crippen molar-refractivity contribution in [2.75, 3.05) is 26.8 Å². The summed E-state index contributed by atoms with van der Waals surface area (Å²) in [6.07, 6.45) is 1.94. The molecule has 3 heteroatoms. The Labute approximate surface area is 130 Å². The molecule has 0 fully saturated rings. The number of rotatable bonds is 9. The molecule has 1 aromatic rings. The highest BCUT2D eigenvalue weighted by molar-refractivity contribution is 5.22. The van der Waals surface area contributed by atoms with Crippen molar-refractivity contribution in [3.63, 3.8) is 0 Å². The summed E-state index contributed by atoms with van der Waals surface area (Å²) >= 11 is 0. The molecule has 118 valence electrons. The Hall–Kier alpha value is -1.16. The minimum atomic E-state index is 0.152. The molecule has 21 heavy (non-hydrogen) atoms. The molecule has 0 aliphatic rings. The minimum absolute atomic E-state index is 0.152. The van der Waals surface area contributed by atoms with Gasteiger partial charge in [-0.2, -0.15) is 0 Å². The van der Waals surface area contributed by atoms with Crippen LogP contribution in [0, 0.1) is 0 Å². The fraction of sp³-hybridized carbons (Fsp3) is 0.556. The number of hydrogen-bond acceptors (Lipinski definition) is 3. The van der Waals surface area contributed by atoms with Crippen molar-refractivity contribution in [1.82, 2.24) is 10.2 Å². The Balaban J connectivity index is 2.53. The zero-order valence-electron chi connectivity index (χ0n) is 14.0. The molecule has 0 saturated carbocycles. The molecule has 1 aromatic carbocycles. The second kappa shape index (κ2) is 8.98. The zero-order valence-corrected chi connectivity index (χ0v) is 14.0. The van der Waals surface area contributed by atoms with Gasteiger partial charge in [-0.25, -0.2) is 0 Å². The van der Waals surface area contributed by atoms with Gasteiger partial charge in [-0.3, -0.25) is 4.90 Å². The summed E-state index contributed by atoms with van der Waals surface area (Å²) in [6, 6.07) is 8.83. The Morgan fingerprint density at radius 2 is 1.81 bits per heavy atom. The van der Waals surface area contributed by atoms with Crippen molar-refractivity contribution in [1.29, 1.82) is 0 Å². The first-order valence-corrected chi connectivity index (χ1v) is 7.59. The van der Waals surface area contributed by atoms with Gasteiger partial charge in [0.2, 0.25) is 0 Å². The van der Waals surface area contributed by atoms with Crippen LogP contribution in [0.5, 0.6) is 0 Å². The van der Waals surface area contributed by atoms with Crippen LogP contribution in [0.15, 0.2) is 36.9 Å². The molecule has 0 aliphatic carbocycles. The van der Waals surface area contributed by atoms with Gasteiger partial charge in [-0.1, -0.05) is 30.3 Å². The normalized spacial score (nSPS) is 11.9. The summed E-state index contributed by atoms with van der Waals surface area (Å²) in [7, 11) is 1.74. The third kappa shape index (κ3) is 8.00. The molecule has 0 heterocycles. The van der Waals surface area contributed by atoms with Crippen molar-refractivity contribution >= 4 is 0 Å². The van der Waals surface area contributed by atoms with Crippen LogP contribution in [0.4, 0.5) is 0 Å². The van der Waals surface area contributed by atoms with E-state index >= 15 is 0 Å². The Kier molecular flexibility index (Phi) is 7.65. The average molecular weight is 290 g/mol. The van der Waals surface area contributed by atoms with E-state index in [0.29, 0.717) is 0 Å². The van der Waals surface area contributed by atoms with E-state index < -0.39 is 0 Å². The van der Waals surface area contributed by atoms with Gasteiger partial charge >= 0.3 is 0 Å². The summed E-state index contributed by atoms with van der Waals surface area (Å²) in [4.78, 5) is 2.33. The first-order valence-electron chi connectivity index (χ1n) is 7.59. The molecule has 0 atom stereocenters. The first kappa shape index (κ1) is 17.9. The maximum Gasteiger partial charge on any atom is 0.0589 e. The van der Waals surface area contributed by atoms with Gasteiger partial charge in [0.25, 0.3) is 0 Å². The maximum absolute atomic E-state index is 5.16. The molecule has 0 aromatic heterocycles. The lowest BCUT2D eigenvalue weighted by Gasteiger charge is -2.21. The van der Waals surface area contributed by atoms with E-state index in [-0.39, 0.29) is 5.54 Å². The molecule has 1 rings (SSSR count). The fourth-order valence-corrected chi connectivity index (χ4v) is 2.03. The van der Waals surface area contributed by atoms with Crippen LogP contribution < -0.4 is 5.32 Å². The number of methoxy groups -OCH3 is 1. The zero-order chi connectivity index (χ0) is 15.7.